The summed E-state index contributed by atoms with van der Waals surface area (Å²) in [6.07, 6.45) is 26.0. The van der Waals surface area contributed by atoms with Gasteiger partial charge < -0.3 is 16.4 Å². The molecule has 0 bridgehead atoms. The van der Waals surface area contributed by atoms with Crippen LogP contribution in [0.25, 0.3) is 0 Å². The first-order chi connectivity index (χ1) is 23.4. The minimum atomic E-state index is -4.43. The van der Waals surface area contributed by atoms with E-state index in [2.05, 4.69) is 53.2 Å². The number of halogens is 3. The maximum atomic E-state index is 13.6. The van der Waals surface area contributed by atoms with Gasteiger partial charge in [0.25, 0.3) is 0 Å². The molecule has 1 heterocycles. The summed E-state index contributed by atoms with van der Waals surface area (Å²) in [5.41, 5.74) is 19.1. The van der Waals surface area contributed by atoms with Crippen LogP contribution < -0.4 is 16.4 Å². The second-order valence-electron chi connectivity index (χ2n) is 11.8. The fourth-order valence-corrected chi connectivity index (χ4v) is 4.96. The Bertz CT molecular complexity index is 1740. The topological polar surface area (TPSA) is 74.8 Å². The molecule has 0 saturated carbocycles. The van der Waals surface area contributed by atoms with Crippen molar-refractivity contribution in [1.29, 1.82) is 0 Å². The summed E-state index contributed by atoms with van der Waals surface area (Å²) in [5.74, 6) is -1.37. The van der Waals surface area contributed by atoms with Crippen LogP contribution in [0.1, 0.15) is 47.0 Å². The van der Waals surface area contributed by atoms with E-state index in [1.165, 1.54) is 12.2 Å². The molecule has 49 heavy (non-hydrogen) atoms. The molecular formula is C41H46F3N5. The highest BCUT2D eigenvalue weighted by Crippen LogP contribution is 2.31. The maximum absolute atomic E-state index is 13.6. The second-order valence-corrected chi connectivity index (χ2v) is 11.8. The van der Waals surface area contributed by atoms with E-state index in [1.54, 1.807) is 18.5 Å². The van der Waals surface area contributed by atoms with Crippen molar-refractivity contribution in [2.24, 2.45) is 27.6 Å². The van der Waals surface area contributed by atoms with Crippen LogP contribution in [0.2, 0.25) is 0 Å². The number of nitrogens with zero attached hydrogens (tertiary/aromatic N) is 2. The number of nitrogens with two attached hydrogens (primary N) is 1. The SMILES string of the molecule is C=C[C@@H](/C=C(/C)N)C1=C=CC=C(CC(C)=N/C=C(\C=C\CCC)NC(=C)N/C2=C(C3=C(C)CN=CC=C3)/C=C\C(C(F)(F)F)C=C=C2)C=C1. The van der Waals surface area contributed by atoms with Gasteiger partial charge in [0.2, 0.25) is 0 Å². The Balaban J connectivity index is 1.86. The third-order valence-corrected chi connectivity index (χ3v) is 7.47. The summed E-state index contributed by atoms with van der Waals surface area (Å²) in [7, 11) is 0. The number of nitrogens with one attached hydrogen (secondary N) is 2. The van der Waals surface area contributed by atoms with Gasteiger partial charge in [-0.1, -0.05) is 74.6 Å². The van der Waals surface area contributed by atoms with Gasteiger partial charge in [0, 0.05) is 47.2 Å². The predicted octanol–water partition coefficient (Wildman–Crippen LogP) is 9.60. The Kier molecular flexibility index (Phi) is 14.7. The normalized spacial score (nSPS) is 21.5. The highest BCUT2D eigenvalue weighted by Gasteiger charge is 2.36. The van der Waals surface area contributed by atoms with Crippen LogP contribution in [-0.4, -0.2) is 24.6 Å². The van der Waals surface area contributed by atoms with Crippen molar-refractivity contribution in [3.63, 3.8) is 0 Å². The molecule has 4 N–H and O–H groups in total. The average molecular weight is 666 g/mol. The van der Waals surface area contributed by atoms with Crippen molar-refractivity contribution >= 4 is 11.9 Å². The lowest BCUT2D eigenvalue weighted by atomic mass is 9.94. The average Bonchev–Trinajstić information content (AvgIpc) is 3.39. The van der Waals surface area contributed by atoms with Gasteiger partial charge in [-0.25, -0.2) is 0 Å². The molecule has 0 saturated heterocycles. The smallest absolute Gasteiger partial charge is 0.399 e. The minimum Gasteiger partial charge on any atom is -0.402 e. The number of hydrogen-bond donors (Lipinski definition) is 3. The van der Waals surface area contributed by atoms with Crippen molar-refractivity contribution in [1.82, 2.24) is 10.6 Å². The van der Waals surface area contributed by atoms with E-state index in [9.17, 15) is 13.2 Å². The van der Waals surface area contributed by atoms with Crippen LogP contribution in [0.5, 0.6) is 0 Å². The van der Waals surface area contributed by atoms with Gasteiger partial charge in [-0.05, 0) is 68.2 Å². The highest BCUT2D eigenvalue weighted by molar-refractivity contribution is 5.85. The van der Waals surface area contributed by atoms with Gasteiger partial charge in [0.15, 0.2) is 0 Å². The number of aliphatic imine (C=N–C) groups is 2. The molecule has 1 unspecified atom stereocenters. The quantitative estimate of drug-likeness (QED) is 0.0749. The molecule has 2 atom stereocenters. The van der Waals surface area contributed by atoms with Crippen molar-refractivity contribution in [3.05, 3.63) is 167 Å². The van der Waals surface area contributed by atoms with Crippen LogP contribution in [0, 0.1) is 11.8 Å². The Morgan fingerprint density at radius 2 is 2.00 bits per heavy atom. The largest absolute Gasteiger partial charge is 0.402 e. The highest BCUT2D eigenvalue weighted by atomic mass is 19.4. The van der Waals surface area contributed by atoms with Crippen LogP contribution in [0.15, 0.2) is 177 Å². The lowest BCUT2D eigenvalue weighted by molar-refractivity contribution is -0.148. The van der Waals surface area contributed by atoms with E-state index < -0.39 is 12.1 Å². The fraction of sp³-hybridized carbons (Fsp3) is 0.268. The molecular weight excluding hydrogens is 619 g/mol. The lowest BCUT2D eigenvalue weighted by Gasteiger charge is -2.19. The van der Waals surface area contributed by atoms with Gasteiger partial charge in [-0.2, -0.15) is 13.2 Å². The lowest BCUT2D eigenvalue weighted by Crippen LogP contribution is -2.25. The predicted molar refractivity (Wildman–Crippen MR) is 199 cm³/mol. The zero-order valence-electron chi connectivity index (χ0n) is 28.7. The Labute approximate surface area is 289 Å². The van der Waals surface area contributed by atoms with Crippen LogP contribution in [0.4, 0.5) is 13.2 Å². The number of unbranched alkanes of at least 4 members (excludes halogenated alkanes) is 1. The molecule has 0 aromatic heterocycles. The summed E-state index contributed by atoms with van der Waals surface area (Å²) in [4.78, 5) is 9.06. The van der Waals surface area contributed by atoms with E-state index in [-0.39, 0.29) is 5.92 Å². The molecule has 5 nitrogen and oxygen atoms in total. The maximum Gasteiger partial charge on any atom is 0.399 e. The molecule has 0 spiro atoms. The monoisotopic (exact) mass is 665 g/mol. The third kappa shape index (κ3) is 12.7. The van der Waals surface area contributed by atoms with Gasteiger partial charge in [0.1, 0.15) is 5.82 Å². The molecule has 0 amide bonds. The summed E-state index contributed by atoms with van der Waals surface area (Å²) in [5, 5.41) is 6.54. The van der Waals surface area contributed by atoms with E-state index in [1.807, 2.05) is 69.4 Å². The zero-order chi connectivity index (χ0) is 35.8. The molecule has 8 heteroatoms. The van der Waals surface area contributed by atoms with Gasteiger partial charge in [-0.3, -0.25) is 9.98 Å². The van der Waals surface area contributed by atoms with Crippen LogP contribution in [-0.2, 0) is 0 Å². The second kappa shape index (κ2) is 18.9. The van der Waals surface area contributed by atoms with E-state index in [0.717, 1.165) is 58.7 Å². The molecule has 0 radical (unpaired) electrons. The Hall–Kier alpha value is -5.29. The van der Waals surface area contributed by atoms with Gasteiger partial charge >= 0.3 is 6.18 Å². The van der Waals surface area contributed by atoms with Gasteiger partial charge in [0.05, 0.1) is 30.1 Å². The number of rotatable bonds is 14. The van der Waals surface area contributed by atoms with Crippen molar-refractivity contribution < 1.29 is 13.2 Å². The Morgan fingerprint density at radius 1 is 1.20 bits per heavy atom. The van der Waals surface area contributed by atoms with Crippen molar-refractivity contribution in [3.8, 4) is 0 Å². The van der Waals surface area contributed by atoms with Crippen molar-refractivity contribution in [2.45, 2.75) is 53.1 Å². The Morgan fingerprint density at radius 3 is 2.71 bits per heavy atom. The number of hydrogen-bond acceptors (Lipinski definition) is 5. The van der Waals surface area contributed by atoms with Crippen LogP contribution >= 0.6 is 0 Å². The standard InChI is InChI=1S/C41H46F3N5/c1-7-9-10-17-37(28-47-31(5)26-33-14-11-15-35(21-20-33)34(8-2)25-30(4)45)48-32(6)49-40-19-12-16-36(41(42,43)44)22-23-39(40)38-18-13-24-46-27-29(38)3/h8,10-11,13-14,16-25,28,34,36,48-49H,2,6-7,9,26-27,45H2,1,3-5H3/b17-10+,23-22-,30-25-,37-28+,40-39-,47-31?/t12?,34-,36?/m0/s1. The first kappa shape index (κ1) is 38.2. The van der Waals surface area contributed by atoms with Gasteiger partial charge in [-0.15, -0.1) is 18.0 Å². The molecule has 1 aliphatic heterocycles. The minimum absolute atomic E-state index is 0.0276. The molecule has 0 fully saturated rings. The molecule has 3 rings (SSSR count). The van der Waals surface area contributed by atoms with Crippen molar-refractivity contribution in [2.75, 3.05) is 6.54 Å². The molecule has 0 aromatic carbocycles. The first-order valence-corrected chi connectivity index (χ1v) is 16.2. The summed E-state index contributed by atoms with van der Waals surface area (Å²) < 4.78 is 40.9. The molecule has 3 aliphatic rings. The first-order valence-electron chi connectivity index (χ1n) is 16.2. The van der Waals surface area contributed by atoms with E-state index in [0.29, 0.717) is 35.8 Å². The molecule has 0 aromatic rings. The number of alkyl halides is 3. The molecule has 2 aliphatic carbocycles. The molecule has 256 valence electrons. The zero-order valence-corrected chi connectivity index (χ0v) is 28.7. The summed E-state index contributed by atoms with van der Waals surface area (Å²) in [6, 6.07) is 0. The summed E-state index contributed by atoms with van der Waals surface area (Å²) >= 11 is 0. The third-order valence-electron chi connectivity index (χ3n) is 7.47. The van der Waals surface area contributed by atoms with E-state index in [4.69, 9.17) is 10.7 Å². The number of allylic oxidation sites excluding steroid dienone is 17. The van der Waals surface area contributed by atoms with Crippen LogP contribution in [0.3, 0.4) is 0 Å². The fourth-order valence-electron chi connectivity index (χ4n) is 4.96. The van der Waals surface area contributed by atoms with E-state index >= 15 is 0 Å². The summed E-state index contributed by atoms with van der Waals surface area (Å²) in [6.45, 7) is 16.4.